The Hall–Kier alpha value is -4.38. The Morgan fingerprint density at radius 2 is 2.00 bits per heavy atom. The van der Waals surface area contributed by atoms with Gasteiger partial charge in [0.05, 0.1) is 21.6 Å². The van der Waals surface area contributed by atoms with Crippen LogP contribution in [0.25, 0.3) is 32.6 Å². The van der Waals surface area contributed by atoms with Crippen molar-refractivity contribution in [3.63, 3.8) is 0 Å². The van der Waals surface area contributed by atoms with Crippen LogP contribution >= 0.6 is 11.3 Å². The van der Waals surface area contributed by atoms with E-state index in [9.17, 15) is 14.7 Å². The molecule has 0 bridgehead atoms. The Bertz CT molecular complexity index is 1490. The van der Waals surface area contributed by atoms with Crippen molar-refractivity contribution in [2.75, 3.05) is 11.9 Å². The van der Waals surface area contributed by atoms with Gasteiger partial charge in [-0.15, -0.1) is 0 Å². The number of carbonyl (C=O) groups excluding carboxylic acids is 1. The monoisotopic (exact) mass is 502 g/mol. The lowest BCUT2D eigenvalue weighted by Gasteiger charge is -2.14. The Balaban J connectivity index is 1.51. The van der Waals surface area contributed by atoms with Gasteiger partial charge in [-0.3, -0.25) is 15.3 Å². The van der Waals surface area contributed by atoms with E-state index >= 15 is 0 Å². The molecule has 1 aliphatic heterocycles. The maximum absolute atomic E-state index is 12.0. The minimum Gasteiger partial charge on any atom is -0.478 e. The number of nitrogens with zero attached hydrogens (tertiary/aromatic N) is 4. The van der Waals surface area contributed by atoms with Gasteiger partial charge < -0.3 is 15.3 Å². The summed E-state index contributed by atoms with van der Waals surface area (Å²) in [5.41, 5.74) is 3.75. The first kappa shape index (κ1) is 23.4. The number of nitrogens with one attached hydrogen (secondary N) is 2. The summed E-state index contributed by atoms with van der Waals surface area (Å²) in [6.45, 7) is 3.84. The van der Waals surface area contributed by atoms with E-state index in [4.69, 9.17) is 4.84 Å². The largest absolute Gasteiger partial charge is 0.478 e. The zero-order chi connectivity index (χ0) is 25.3. The van der Waals surface area contributed by atoms with Crippen molar-refractivity contribution in [2.24, 2.45) is 5.16 Å². The molecule has 2 amide bonds. The maximum Gasteiger partial charge on any atom is 0.351 e. The molecule has 1 aliphatic rings. The molecule has 4 heterocycles. The standard InChI is InChI=1S/C25H22N6O4S/c1-3-26-23(34)30-24-29-19-11-15(10-16(21(19)36-24)17-6-4-5-9-27-17)14-7-8-18(28-13-14)20-12-25(2,22(32)33)35-31-20/h4-11,13H,3,12H2,1-2H3,(H,32,33)(H2,26,29,30,34). The lowest BCUT2D eigenvalue weighted by Crippen LogP contribution is -2.35. The fourth-order valence-electron chi connectivity index (χ4n) is 3.79. The predicted molar refractivity (Wildman–Crippen MR) is 137 cm³/mol. The number of carboxylic acid groups (broad SMARTS) is 1. The SMILES string of the molecule is CCNC(=O)Nc1nc2cc(-c3ccc(C4=NOC(C)(C(=O)O)C4)nc3)cc(-c3ccccn3)c2s1. The minimum absolute atomic E-state index is 0.130. The summed E-state index contributed by atoms with van der Waals surface area (Å²) < 4.78 is 0.902. The molecule has 3 aromatic heterocycles. The molecule has 1 unspecified atom stereocenters. The smallest absolute Gasteiger partial charge is 0.351 e. The highest BCUT2D eigenvalue weighted by Gasteiger charge is 2.42. The Morgan fingerprint density at radius 1 is 1.14 bits per heavy atom. The van der Waals surface area contributed by atoms with Gasteiger partial charge in [0.2, 0.25) is 5.60 Å². The van der Waals surface area contributed by atoms with Crippen LogP contribution in [0.1, 0.15) is 26.0 Å². The van der Waals surface area contributed by atoms with Crippen molar-refractivity contribution in [1.29, 1.82) is 0 Å². The number of urea groups is 1. The van der Waals surface area contributed by atoms with Crippen molar-refractivity contribution < 1.29 is 19.5 Å². The number of oxime groups is 1. The van der Waals surface area contributed by atoms with Gasteiger partial charge in [-0.1, -0.05) is 28.6 Å². The summed E-state index contributed by atoms with van der Waals surface area (Å²) in [5, 5.41) is 19.3. The second-order valence-corrected chi connectivity index (χ2v) is 9.36. The van der Waals surface area contributed by atoms with Crippen LogP contribution in [0.5, 0.6) is 0 Å². The lowest BCUT2D eigenvalue weighted by atomic mass is 9.97. The van der Waals surface area contributed by atoms with Gasteiger partial charge in [-0.2, -0.15) is 0 Å². The average Bonchev–Trinajstić information content (AvgIpc) is 3.48. The number of rotatable bonds is 6. The number of amides is 2. The summed E-state index contributed by atoms with van der Waals surface area (Å²) >= 11 is 1.38. The van der Waals surface area contributed by atoms with Gasteiger partial charge >= 0.3 is 12.0 Å². The lowest BCUT2D eigenvalue weighted by molar-refractivity contribution is -0.160. The molecule has 10 nitrogen and oxygen atoms in total. The highest BCUT2D eigenvalue weighted by atomic mass is 32.1. The molecule has 182 valence electrons. The number of thiazole rings is 1. The van der Waals surface area contributed by atoms with Gasteiger partial charge in [-0.05, 0) is 49.7 Å². The number of hydrogen-bond donors (Lipinski definition) is 3. The van der Waals surface area contributed by atoms with Crippen molar-refractivity contribution in [2.45, 2.75) is 25.9 Å². The fraction of sp³-hybridized carbons (Fsp3) is 0.200. The number of carboxylic acids is 1. The summed E-state index contributed by atoms with van der Waals surface area (Å²) in [5.74, 6) is -1.07. The van der Waals surface area contributed by atoms with Crippen molar-refractivity contribution in [3.8, 4) is 22.4 Å². The van der Waals surface area contributed by atoms with Crippen LogP contribution in [0.4, 0.5) is 9.93 Å². The molecular formula is C25H22N6O4S. The molecule has 0 aliphatic carbocycles. The van der Waals surface area contributed by atoms with Gasteiger partial charge in [-0.25, -0.2) is 14.6 Å². The van der Waals surface area contributed by atoms with E-state index in [2.05, 4.69) is 30.7 Å². The van der Waals surface area contributed by atoms with Gasteiger partial charge in [0.1, 0.15) is 5.71 Å². The van der Waals surface area contributed by atoms with E-state index < -0.39 is 11.6 Å². The van der Waals surface area contributed by atoms with E-state index in [1.165, 1.54) is 18.3 Å². The highest BCUT2D eigenvalue weighted by Crippen LogP contribution is 2.38. The molecule has 5 rings (SSSR count). The normalized spacial score (nSPS) is 16.9. The number of hydrogen-bond acceptors (Lipinski definition) is 8. The number of aliphatic carboxylic acids is 1. The Morgan fingerprint density at radius 3 is 2.67 bits per heavy atom. The number of carbonyl (C=O) groups is 2. The molecular weight excluding hydrogens is 480 g/mol. The van der Waals surface area contributed by atoms with E-state index in [1.807, 2.05) is 43.3 Å². The summed E-state index contributed by atoms with van der Waals surface area (Å²) in [6.07, 6.45) is 3.57. The fourth-order valence-corrected chi connectivity index (χ4v) is 4.76. The second kappa shape index (κ2) is 9.34. The zero-order valence-electron chi connectivity index (χ0n) is 19.5. The molecule has 0 radical (unpaired) electrons. The van der Waals surface area contributed by atoms with Crippen molar-refractivity contribution in [1.82, 2.24) is 20.3 Å². The summed E-state index contributed by atoms with van der Waals surface area (Å²) in [7, 11) is 0. The second-order valence-electron chi connectivity index (χ2n) is 8.36. The van der Waals surface area contributed by atoms with Crippen LogP contribution in [0, 0.1) is 0 Å². The summed E-state index contributed by atoms with van der Waals surface area (Å²) in [4.78, 5) is 42.2. The van der Waals surface area contributed by atoms with Gasteiger partial charge in [0, 0.05) is 36.5 Å². The maximum atomic E-state index is 12.0. The molecule has 1 atom stereocenters. The third kappa shape index (κ3) is 4.48. The van der Waals surface area contributed by atoms with Crippen LogP contribution in [0.15, 0.2) is 60.0 Å². The molecule has 0 spiro atoms. The van der Waals surface area contributed by atoms with Crippen LogP contribution in [0.2, 0.25) is 0 Å². The van der Waals surface area contributed by atoms with Gasteiger partial charge in [0.25, 0.3) is 0 Å². The van der Waals surface area contributed by atoms with Crippen LogP contribution in [-0.4, -0.2) is 49.9 Å². The third-order valence-electron chi connectivity index (χ3n) is 5.70. The van der Waals surface area contributed by atoms with E-state index in [1.54, 1.807) is 18.5 Å². The van der Waals surface area contributed by atoms with Crippen LogP contribution in [0.3, 0.4) is 0 Å². The van der Waals surface area contributed by atoms with Gasteiger partial charge in [0.15, 0.2) is 5.13 Å². The summed E-state index contributed by atoms with van der Waals surface area (Å²) in [6, 6.07) is 13.0. The number of benzene rings is 1. The highest BCUT2D eigenvalue weighted by molar-refractivity contribution is 7.22. The molecule has 4 aromatic rings. The first-order chi connectivity index (χ1) is 17.4. The van der Waals surface area contributed by atoms with Crippen LogP contribution in [-0.2, 0) is 9.63 Å². The molecule has 0 saturated carbocycles. The molecule has 1 aromatic carbocycles. The number of pyridine rings is 2. The number of fused-ring (bicyclic) bond motifs is 1. The van der Waals surface area contributed by atoms with Crippen molar-refractivity contribution in [3.05, 3.63) is 60.6 Å². The average molecular weight is 503 g/mol. The predicted octanol–water partition coefficient (Wildman–Crippen LogP) is 4.53. The first-order valence-corrected chi connectivity index (χ1v) is 12.0. The van der Waals surface area contributed by atoms with E-state index in [-0.39, 0.29) is 12.5 Å². The number of anilines is 1. The quantitative estimate of drug-likeness (QED) is 0.352. The van der Waals surface area contributed by atoms with E-state index in [0.29, 0.717) is 23.1 Å². The first-order valence-electron chi connectivity index (χ1n) is 11.2. The zero-order valence-corrected chi connectivity index (χ0v) is 20.3. The number of aromatic nitrogens is 3. The molecule has 0 fully saturated rings. The van der Waals surface area contributed by atoms with Crippen molar-refractivity contribution >= 4 is 44.4 Å². The Kier molecular flexibility index (Phi) is 6.06. The molecule has 36 heavy (non-hydrogen) atoms. The molecule has 11 heteroatoms. The molecule has 3 N–H and O–H groups in total. The Labute approximate surface area is 210 Å². The third-order valence-corrected chi connectivity index (χ3v) is 6.72. The topological polar surface area (TPSA) is 139 Å². The molecule has 0 saturated heterocycles. The van der Waals surface area contributed by atoms with E-state index in [0.717, 1.165) is 32.6 Å². The van der Waals surface area contributed by atoms with Crippen LogP contribution < -0.4 is 10.6 Å². The minimum atomic E-state index is -1.39.